The Morgan fingerprint density at radius 3 is 2.83 bits per heavy atom. The number of hydrogen-bond acceptors (Lipinski definition) is 6. The molecular formula is C16H15N5O2S. The topological polar surface area (TPSA) is 81.9 Å². The Labute approximate surface area is 143 Å². The molecule has 0 atom stereocenters. The lowest BCUT2D eigenvalue weighted by atomic mass is 10.3. The van der Waals surface area contributed by atoms with Crippen LogP contribution < -0.4 is 10.1 Å². The van der Waals surface area contributed by atoms with Crippen molar-refractivity contribution in [1.29, 1.82) is 0 Å². The van der Waals surface area contributed by atoms with Crippen molar-refractivity contribution in [3.8, 4) is 11.4 Å². The van der Waals surface area contributed by atoms with E-state index in [1.807, 2.05) is 54.6 Å². The fourth-order valence-electron chi connectivity index (χ4n) is 2.02. The Balaban J connectivity index is 1.66. The Morgan fingerprint density at radius 2 is 2.04 bits per heavy atom. The number of tetrazole rings is 1. The van der Waals surface area contributed by atoms with Gasteiger partial charge in [-0.1, -0.05) is 36.0 Å². The number of carbonyl (C=O) groups excluding carboxylic acids is 1. The minimum Gasteiger partial charge on any atom is -0.497 e. The van der Waals surface area contributed by atoms with E-state index in [0.29, 0.717) is 10.9 Å². The first-order valence-electron chi connectivity index (χ1n) is 7.17. The van der Waals surface area contributed by atoms with Crippen LogP contribution in [0, 0.1) is 0 Å². The van der Waals surface area contributed by atoms with Crippen LogP contribution in [0.5, 0.6) is 5.75 Å². The first kappa shape index (κ1) is 16.0. The molecule has 1 aromatic heterocycles. The van der Waals surface area contributed by atoms with E-state index in [-0.39, 0.29) is 11.7 Å². The number of hydrogen-bond donors (Lipinski definition) is 1. The Bertz CT molecular complexity index is 822. The van der Waals surface area contributed by atoms with E-state index in [9.17, 15) is 4.79 Å². The van der Waals surface area contributed by atoms with Gasteiger partial charge in [-0.15, -0.1) is 5.10 Å². The molecule has 1 amide bonds. The van der Waals surface area contributed by atoms with Crippen LogP contribution in [0.2, 0.25) is 0 Å². The van der Waals surface area contributed by atoms with Gasteiger partial charge >= 0.3 is 0 Å². The number of anilines is 1. The summed E-state index contributed by atoms with van der Waals surface area (Å²) in [5, 5.41) is 15.0. The van der Waals surface area contributed by atoms with Crippen molar-refractivity contribution >= 4 is 23.4 Å². The number of amides is 1. The van der Waals surface area contributed by atoms with Crippen LogP contribution in [0.3, 0.4) is 0 Å². The highest BCUT2D eigenvalue weighted by Gasteiger charge is 2.12. The molecule has 122 valence electrons. The van der Waals surface area contributed by atoms with E-state index >= 15 is 0 Å². The first-order valence-corrected chi connectivity index (χ1v) is 8.15. The molecule has 3 rings (SSSR count). The molecule has 1 N–H and O–H groups in total. The third kappa shape index (κ3) is 3.90. The highest BCUT2D eigenvalue weighted by Crippen LogP contribution is 2.21. The van der Waals surface area contributed by atoms with Crippen molar-refractivity contribution in [2.45, 2.75) is 5.16 Å². The maximum atomic E-state index is 12.0. The smallest absolute Gasteiger partial charge is 0.234 e. The molecule has 24 heavy (non-hydrogen) atoms. The summed E-state index contributed by atoms with van der Waals surface area (Å²) < 4.78 is 6.78. The van der Waals surface area contributed by atoms with Crippen LogP contribution in [0.15, 0.2) is 59.8 Å². The van der Waals surface area contributed by atoms with Gasteiger partial charge in [0.1, 0.15) is 5.75 Å². The number of nitrogens with zero attached hydrogens (tertiary/aromatic N) is 4. The van der Waals surface area contributed by atoms with Crippen LogP contribution in [-0.4, -0.2) is 39.0 Å². The van der Waals surface area contributed by atoms with Crippen molar-refractivity contribution in [3.05, 3.63) is 54.6 Å². The predicted octanol–water partition coefficient (Wildman–Crippen LogP) is 2.40. The SMILES string of the molecule is COc1cccc(-n2nnnc2SCC(=O)Nc2ccccc2)c1. The fourth-order valence-corrected chi connectivity index (χ4v) is 2.71. The monoisotopic (exact) mass is 341 g/mol. The molecule has 0 bridgehead atoms. The molecule has 0 saturated carbocycles. The molecule has 0 unspecified atom stereocenters. The van der Waals surface area contributed by atoms with Gasteiger partial charge in [0.2, 0.25) is 11.1 Å². The lowest BCUT2D eigenvalue weighted by Gasteiger charge is -2.07. The van der Waals surface area contributed by atoms with Crippen LogP contribution in [-0.2, 0) is 4.79 Å². The summed E-state index contributed by atoms with van der Waals surface area (Å²) in [6, 6.07) is 16.7. The van der Waals surface area contributed by atoms with Gasteiger partial charge in [-0.05, 0) is 34.7 Å². The quantitative estimate of drug-likeness (QED) is 0.693. The summed E-state index contributed by atoms with van der Waals surface area (Å²) in [7, 11) is 1.60. The highest BCUT2D eigenvalue weighted by molar-refractivity contribution is 7.99. The molecule has 0 aliphatic carbocycles. The van der Waals surface area contributed by atoms with Gasteiger partial charge in [-0.3, -0.25) is 4.79 Å². The summed E-state index contributed by atoms with van der Waals surface area (Å²) >= 11 is 1.26. The predicted molar refractivity (Wildman–Crippen MR) is 91.5 cm³/mol. The third-order valence-electron chi connectivity index (χ3n) is 3.13. The van der Waals surface area contributed by atoms with Gasteiger partial charge in [0.25, 0.3) is 0 Å². The molecule has 3 aromatic rings. The molecule has 0 aliphatic rings. The Morgan fingerprint density at radius 1 is 1.21 bits per heavy atom. The van der Waals surface area contributed by atoms with E-state index in [4.69, 9.17) is 4.74 Å². The minimum absolute atomic E-state index is 0.119. The summed E-state index contributed by atoms with van der Waals surface area (Å²) in [5.41, 5.74) is 1.53. The summed E-state index contributed by atoms with van der Waals surface area (Å²) in [5.74, 6) is 0.798. The first-order chi connectivity index (χ1) is 11.8. The van der Waals surface area contributed by atoms with Crippen molar-refractivity contribution < 1.29 is 9.53 Å². The second-order valence-corrected chi connectivity index (χ2v) is 5.72. The number of carbonyl (C=O) groups is 1. The minimum atomic E-state index is -0.119. The van der Waals surface area contributed by atoms with Gasteiger partial charge in [0, 0.05) is 11.8 Å². The molecular weight excluding hydrogens is 326 g/mol. The number of ether oxygens (including phenoxy) is 1. The van der Waals surface area contributed by atoms with Gasteiger partial charge in [-0.25, -0.2) is 0 Å². The summed E-state index contributed by atoms with van der Waals surface area (Å²) in [6.07, 6.45) is 0. The van der Waals surface area contributed by atoms with Crippen molar-refractivity contribution in [3.63, 3.8) is 0 Å². The molecule has 0 spiro atoms. The second-order valence-electron chi connectivity index (χ2n) is 4.78. The van der Waals surface area contributed by atoms with Crippen LogP contribution in [0.25, 0.3) is 5.69 Å². The normalized spacial score (nSPS) is 10.4. The molecule has 2 aromatic carbocycles. The number of thioether (sulfide) groups is 1. The molecule has 0 saturated heterocycles. The summed E-state index contributed by atoms with van der Waals surface area (Å²) in [6.45, 7) is 0. The average Bonchev–Trinajstić information content (AvgIpc) is 3.09. The summed E-state index contributed by atoms with van der Waals surface area (Å²) in [4.78, 5) is 12.0. The van der Waals surface area contributed by atoms with Crippen molar-refractivity contribution in [1.82, 2.24) is 20.2 Å². The van der Waals surface area contributed by atoms with Gasteiger partial charge in [0.05, 0.1) is 18.6 Å². The van der Waals surface area contributed by atoms with E-state index in [1.165, 1.54) is 11.8 Å². The number of nitrogens with one attached hydrogen (secondary N) is 1. The zero-order valence-electron chi connectivity index (χ0n) is 12.9. The molecule has 1 heterocycles. The maximum absolute atomic E-state index is 12.0. The highest BCUT2D eigenvalue weighted by atomic mass is 32.2. The van der Waals surface area contributed by atoms with E-state index < -0.39 is 0 Å². The lowest BCUT2D eigenvalue weighted by Crippen LogP contribution is -2.14. The zero-order valence-corrected chi connectivity index (χ0v) is 13.7. The molecule has 7 nitrogen and oxygen atoms in total. The van der Waals surface area contributed by atoms with E-state index in [1.54, 1.807) is 11.8 Å². The molecule has 0 radical (unpaired) electrons. The van der Waals surface area contributed by atoms with E-state index in [2.05, 4.69) is 20.8 Å². The third-order valence-corrected chi connectivity index (χ3v) is 4.05. The van der Waals surface area contributed by atoms with E-state index in [0.717, 1.165) is 11.4 Å². The van der Waals surface area contributed by atoms with Crippen LogP contribution in [0.4, 0.5) is 5.69 Å². The number of para-hydroxylation sites is 1. The molecule has 0 fully saturated rings. The van der Waals surface area contributed by atoms with Crippen molar-refractivity contribution in [2.75, 3.05) is 18.2 Å². The van der Waals surface area contributed by atoms with Crippen LogP contribution >= 0.6 is 11.8 Å². The van der Waals surface area contributed by atoms with Gasteiger partial charge < -0.3 is 10.1 Å². The molecule has 0 aliphatic heterocycles. The zero-order chi connectivity index (χ0) is 16.8. The maximum Gasteiger partial charge on any atom is 0.234 e. The number of methoxy groups -OCH3 is 1. The number of aromatic nitrogens is 4. The van der Waals surface area contributed by atoms with Gasteiger partial charge in [-0.2, -0.15) is 4.68 Å². The molecule has 8 heteroatoms. The number of benzene rings is 2. The van der Waals surface area contributed by atoms with Crippen molar-refractivity contribution in [2.24, 2.45) is 0 Å². The average molecular weight is 341 g/mol. The second kappa shape index (κ2) is 7.60. The Kier molecular flexibility index (Phi) is 5.07. The fraction of sp³-hybridized carbons (Fsp3) is 0.125. The number of rotatable bonds is 6. The Hall–Kier alpha value is -2.87. The van der Waals surface area contributed by atoms with Gasteiger partial charge in [0.15, 0.2) is 0 Å². The standard InChI is InChI=1S/C16H15N5O2S/c1-23-14-9-5-8-13(10-14)21-16(18-19-20-21)24-11-15(22)17-12-6-3-2-4-7-12/h2-10H,11H2,1H3,(H,17,22). The largest absolute Gasteiger partial charge is 0.497 e. The lowest BCUT2D eigenvalue weighted by molar-refractivity contribution is -0.113. The van der Waals surface area contributed by atoms with Crippen LogP contribution in [0.1, 0.15) is 0 Å².